The molecular formula is C15H21N3O5S2. The minimum Gasteiger partial charge on any atom is -0.360 e. The summed E-state index contributed by atoms with van der Waals surface area (Å²) in [4.78, 5) is 0. The van der Waals surface area contributed by atoms with E-state index in [-0.39, 0.29) is 24.7 Å². The van der Waals surface area contributed by atoms with Gasteiger partial charge in [0.1, 0.15) is 5.76 Å². The molecule has 0 aliphatic rings. The van der Waals surface area contributed by atoms with Crippen molar-refractivity contribution >= 4 is 25.9 Å². The lowest BCUT2D eigenvalue weighted by Gasteiger charge is -2.19. The number of hydrogen-bond donors (Lipinski definition) is 1. The van der Waals surface area contributed by atoms with Gasteiger partial charge in [0, 0.05) is 19.2 Å². The van der Waals surface area contributed by atoms with Crippen LogP contribution in [0.3, 0.4) is 0 Å². The number of aryl methyl sites for hydroxylation is 2. The van der Waals surface area contributed by atoms with Gasteiger partial charge in [0.15, 0.2) is 5.82 Å². The van der Waals surface area contributed by atoms with Crippen LogP contribution in [-0.2, 0) is 26.5 Å². The zero-order valence-corrected chi connectivity index (χ0v) is 15.7. The monoisotopic (exact) mass is 387 g/mol. The number of rotatable bonds is 9. The van der Waals surface area contributed by atoms with E-state index in [9.17, 15) is 16.8 Å². The van der Waals surface area contributed by atoms with E-state index in [1.807, 2.05) is 30.3 Å². The molecule has 0 bridgehead atoms. The van der Waals surface area contributed by atoms with Crippen molar-refractivity contribution in [2.24, 2.45) is 0 Å². The number of sulfonamides is 2. The van der Waals surface area contributed by atoms with Gasteiger partial charge in [-0.05, 0) is 18.9 Å². The van der Waals surface area contributed by atoms with Crippen molar-refractivity contribution in [3.8, 4) is 0 Å². The molecule has 0 radical (unpaired) electrons. The van der Waals surface area contributed by atoms with Crippen LogP contribution in [-0.4, -0.2) is 47.1 Å². The largest absolute Gasteiger partial charge is 0.360 e. The normalized spacial score (nSPS) is 12.2. The molecule has 0 unspecified atom stereocenters. The van der Waals surface area contributed by atoms with Crippen molar-refractivity contribution in [3.05, 3.63) is 47.7 Å². The minimum absolute atomic E-state index is 0.0594. The maximum Gasteiger partial charge on any atom is 0.233 e. The molecule has 138 valence electrons. The summed E-state index contributed by atoms with van der Waals surface area (Å²) in [5, 5.41) is 3.67. The number of nitrogens with one attached hydrogen (secondary N) is 1. The van der Waals surface area contributed by atoms with Crippen LogP contribution in [0.5, 0.6) is 0 Å². The lowest BCUT2D eigenvalue weighted by molar-refractivity contribution is 0.398. The minimum atomic E-state index is -3.60. The van der Waals surface area contributed by atoms with Crippen molar-refractivity contribution in [1.82, 2.24) is 9.88 Å². The highest BCUT2D eigenvalue weighted by atomic mass is 32.2. The Balaban J connectivity index is 1.92. The van der Waals surface area contributed by atoms with Crippen LogP contribution in [0, 0.1) is 6.92 Å². The van der Waals surface area contributed by atoms with E-state index >= 15 is 0 Å². The van der Waals surface area contributed by atoms with Gasteiger partial charge in [0.2, 0.25) is 20.0 Å². The average Bonchev–Trinajstić information content (AvgIpc) is 2.95. The fourth-order valence-corrected chi connectivity index (χ4v) is 4.09. The molecule has 0 amide bonds. The van der Waals surface area contributed by atoms with Gasteiger partial charge in [-0.25, -0.2) is 25.9 Å². The molecule has 0 aliphatic carbocycles. The molecule has 0 saturated heterocycles. The first kappa shape index (κ1) is 19.4. The molecular weight excluding hydrogens is 366 g/mol. The third-order valence-corrected chi connectivity index (χ3v) is 5.97. The predicted octanol–water partition coefficient (Wildman–Crippen LogP) is 0.911. The van der Waals surface area contributed by atoms with Gasteiger partial charge in [-0.15, -0.1) is 0 Å². The van der Waals surface area contributed by atoms with Crippen LogP contribution in [0.1, 0.15) is 11.3 Å². The second-order valence-corrected chi connectivity index (χ2v) is 9.41. The molecule has 10 heteroatoms. The molecule has 2 aromatic rings. The Bertz CT molecular complexity index is 892. The maximum atomic E-state index is 12.1. The van der Waals surface area contributed by atoms with Crippen LogP contribution < -0.4 is 9.03 Å². The molecule has 1 heterocycles. The Morgan fingerprint density at radius 2 is 1.84 bits per heavy atom. The van der Waals surface area contributed by atoms with E-state index in [4.69, 9.17) is 4.52 Å². The number of hydrogen-bond acceptors (Lipinski definition) is 6. The fraction of sp³-hybridized carbons (Fsp3) is 0.400. The Morgan fingerprint density at radius 1 is 1.16 bits per heavy atom. The molecule has 1 aromatic heterocycles. The van der Waals surface area contributed by atoms with E-state index in [1.165, 1.54) is 6.07 Å². The van der Waals surface area contributed by atoms with Gasteiger partial charge in [-0.3, -0.25) is 0 Å². The van der Waals surface area contributed by atoms with E-state index in [2.05, 4.69) is 9.88 Å². The van der Waals surface area contributed by atoms with Gasteiger partial charge in [-0.2, -0.15) is 0 Å². The lowest BCUT2D eigenvalue weighted by Crippen LogP contribution is -2.39. The van der Waals surface area contributed by atoms with Gasteiger partial charge < -0.3 is 4.52 Å². The third-order valence-electron chi connectivity index (χ3n) is 3.41. The number of aromatic nitrogens is 1. The zero-order valence-electron chi connectivity index (χ0n) is 14.0. The molecule has 1 aromatic carbocycles. The Hall–Kier alpha value is -1.91. The third kappa shape index (κ3) is 6.15. The maximum absolute atomic E-state index is 12.1. The van der Waals surface area contributed by atoms with Crippen molar-refractivity contribution in [2.45, 2.75) is 13.3 Å². The molecule has 25 heavy (non-hydrogen) atoms. The standard InChI is InChI=1S/C15H21N3O5S2/c1-13-12-15(17-23-13)18(24(2,19)20)10-9-16-25(21,22)11-8-14-6-4-3-5-7-14/h3-7,12,16H,8-11H2,1-2H3. The smallest absolute Gasteiger partial charge is 0.233 e. The van der Waals surface area contributed by atoms with Crippen LogP contribution in [0.25, 0.3) is 0 Å². The van der Waals surface area contributed by atoms with Gasteiger partial charge in [0.25, 0.3) is 0 Å². The summed E-state index contributed by atoms with van der Waals surface area (Å²) >= 11 is 0. The van der Waals surface area contributed by atoms with Crippen LogP contribution in [0.15, 0.2) is 40.9 Å². The van der Waals surface area contributed by atoms with Crippen molar-refractivity contribution in [1.29, 1.82) is 0 Å². The highest BCUT2D eigenvalue weighted by molar-refractivity contribution is 7.92. The van der Waals surface area contributed by atoms with Gasteiger partial charge >= 0.3 is 0 Å². The molecule has 0 saturated carbocycles. The predicted molar refractivity (Wildman–Crippen MR) is 95.4 cm³/mol. The van der Waals surface area contributed by atoms with E-state index in [1.54, 1.807) is 6.92 Å². The topological polar surface area (TPSA) is 110 Å². The first-order chi connectivity index (χ1) is 11.7. The summed E-state index contributed by atoms with van der Waals surface area (Å²) in [5.74, 6) is 0.523. The molecule has 1 N–H and O–H groups in total. The van der Waals surface area contributed by atoms with Crippen LogP contribution >= 0.6 is 0 Å². The SMILES string of the molecule is Cc1cc(N(CCNS(=O)(=O)CCc2ccccc2)S(C)(=O)=O)no1. The summed E-state index contributed by atoms with van der Waals surface area (Å²) in [6.45, 7) is 1.51. The van der Waals surface area contributed by atoms with E-state index in [0.29, 0.717) is 12.2 Å². The lowest BCUT2D eigenvalue weighted by atomic mass is 10.2. The number of nitrogens with zero attached hydrogens (tertiary/aromatic N) is 2. The van der Waals surface area contributed by atoms with Crippen molar-refractivity contribution in [3.63, 3.8) is 0 Å². The highest BCUT2D eigenvalue weighted by Gasteiger charge is 2.21. The van der Waals surface area contributed by atoms with Crippen molar-refractivity contribution < 1.29 is 21.4 Å². The molecule has 8 nitrogen and oxygen atoms in total. The Labute approximate surface area is 147 Å². The van der Waals surface area contributed by atoms with E-state index < -0.39 is 20.0 Å². The zero-order chi connectivity index (χ0) is 18.5. The molecule has 0 fully saturated rings. The first-order valence-corrected chi connectivity index (χ1v) is 11.1. The molecule has 0 spiro atoms. The second-order valence-electron chi connectivity index (χ2n) is 5.58. The summed E-state index contributed by atoms with van der Waals surface area (Å²) < 4.78 is 56.2. The van der Waals surface area contributed by atoms with Crippen molar-refractivity contribution in [2.75, 3.05) is 29.4 Å². The summed E-state index contributed by atoms with van der Waals surface area (Å²) in [5.41, 5.74) is 0.920. The number of anilines is 1. The number of benzene rings is 1. The van der Waals surface area contributed by atoms with Gasteiger partial charge in [-0.1, -0.05) is 35.5 Å². The van der Waals surface area contributed by atoms with Gasteiger partial charge in [0.05, 0.1) is 12.0 Å². The van der Waals surface area contributed by atoms with Crippen LogP contribution in [0.4, 0.5) is 5.82 Å². The Morgan fingerprint density at radius 3 is 2.40 bits per heavy atom. The summed E-state index contributed by atoms with van der Waals surface area (Å²) in [6.07, 6.45) is 1.41. The summed E-state index contributed by atoms with van der Waals surface area (Å²) in [7, 11) is -7.11. The van der Waals surface area contributed by atoms with Crippen LogP contribution in [0.2, 0.25) is 0 Å². The summed E-state index contributed by atoms with van der Waals surface area (Å²) in [6, 6.07) is 10.7. The average molecular weight is 387 g/mol. The fourth-order valence-electron chi connectivity index (χ4n) is 2.19. The molecule has 2 rings (SSSR count). The molecule has 0 atom stereocenters. The Kier molecular flexibility index (Phi) is 6.20. The quantitative estimate of drug-likeness (QED) is 0.685. The van der Waals surface area contributed by atoms with E-state index in [0.717, 1.165) is 16.1 Å². The second kappa shape index (κ2) is 7.98. The first-order valence-electron chi connectivity index (χ1n) is 7.60. The highest BCUT2D eigenvalue weighted by Crippen LogP contribution is 2.16. The molecule has 0 aliphatic heterocycles.